The molecule has 378 valence electrons. The van der Waals surface area contributed by atoms with E-state index in [2.05, 4.69) is 37.2 Å². The zero-order chi connectivity index (χ0) is 51.6. The average molecular weight is 967 g/mol. The van der Waals surface area contributed by atoms with Crippen LogP contribution in [0.2, 0.25) is 0 Å². The molecule has 1 aliphatic rings. The van der Waals surface area contributed by atoms with Crippen LogP contribution in [-0.4, -0.2) is 128 Å². The van der Waals surface area contributed by atoms with Gasteiger partial charge in [-0.05, 0) is 83.1 Å². The van der Waals surface area contributed by atoms with E-state index in [4.69, 9.17) is 24.7 Å². The zero-order valence-corrected chi connectivity index (χ0v) is 40.5. The van der Waals surface area contributed by atoms with E-state index in [0.29, 0.717) is 0 Å². The molecule has 9 N–H and O–H groups in total. The number of nitrogens with two attached hydrogens (primary N) is 1. The maximum atomic E-state index is 13.8. The fraction of sp³-hybridized carbons (Fsp3) is 0.532. The number of alkyl carbamates (subject to hydrolysis) is 2. The number of ether oxygens (including phenoxy) is 4. The molecule has 2 aromatic rings. The first-order valence-corrected chi connectivity index (χ1v) is 22.4. The Morgan fingerprint density at radius 2 is 1.17 bits per heavy atom. The van der Waals surface area contributed by atoms with Gasteiger partial charge in [0.15, 0.2) is 0 Å². The predicted octanol–water partition coefficient (Wildman–Crippen LogP) is 1.32. The van der Waals surface area contributed by atoms with Crippen molar-refractivity contribution in [3.63, 3.8) is 0 Å². The van der Waals surface area contributed by atoms with Crippen molar-refractivity contribution in [3.05, 3.63) is 59.7 Å². The van der Waals surface area contributed by atoms with E-state index in [1.807, 2.05) is 62.4 Å². The molecule has 22 heteroatoms. The van der Waals surface area contributed by atoms with Crippen molar-refractivity contribution in [2.75, 3.05) is 32.8 Å². The average Bonchev–Trinajstić information content (AvgIpc) is 3.56. The second kappa shape index (κ2) is 25.8. The summed E-state index contributed by atoms with van der Waals surface area (Å²) in [6, 6.07) is 9.89. The molecule has 0 aliphatic heterocycles. The van der Waals surface area contributed by atoms with Gasteiger partial charge in [-0.25, -0.2) is 14.4 Å². The summed E-state index contributed by atoms with van der Waals surface area (Å²) in [5.41, 5.74) is 7.00. The van der Waals surface area contributed by atoms with Crippen LogP contribution in [0.25, 0.3) is 11.1 Å². The maximum absolute atomic E-state index is 13.8. The second-order valence-electron chi connectivity index (χ2n) is 18.6. The van der Waals surface area contributed by atoms with Gasteiger partial charge < -0.3 is 61.9 Å². The van der Waals surface area contributed by atoms with Crippen molar-refractivity contribution < 1.29 is 66.9 Å². The third kappa shape index (κ3) is 19.9. The molecule has 1 aliphatic carbocycles. The molecule has 4 atom stereocenters. The number of hydrogen-bond acceptors (Lipinski definition) is 14. The highest BCUT2D eigenvalue weighted by molar-refractivity contribution is 5.94. The van der Waals surface area contributed by atoms with Gasteiger partial charge in [0, 0.05) is 12.5 Å². The number of benzene rings is 2. The van der Waals surface area contributed by atoms with Crippen LogP contribution in [0.5, 0.6) is 0 Å². The molecule has 2 aromatic carbocycles. The first-order valence-electron chi connectivity index (χ1n) is 22.4. The van der Waals surface area contributed by atoms with Gasteiger partial charge in [-0.3, -0.25) is 33.6 Å². The summed E-state index contributed by atoms with van der Waals surface area (Å²) in [7, 11) is 0. The third-order valence-corrected chi connectivity index (χ3v) is 9.78. The van der Waals surface area contributed by atoms with Crippen LogP contribution >= 0.6 is 0 Å². The fourth-order valence-corrected chi connectivity index (χ4v) is 6.72. The predicted molar refractivity (Wildman–Crippen MR) is 248 cm³/mol. The summed E-state index contributed by atoms with van der Waals surface area (Å²) in [6.07, 6.45) is -3.09. The van der Waals surface area contributed by atoms with E-state index in [9.17, 15) is 47.9 Å². The lowest BCUT2D eigenvalue weighted by Crippen LogP contribution is -2.57. The van der Waals surface area contributed by atoms with Crippen LogP contribution in [0.1, 0.15) is 98.6 Å². The quantitative estimate of drug-likeness (QED) is 0.0576. The molecule has 0 saturated carbocycles. The molecule has 0 aromatic heterocycles. The number of hydrogen-bond donors (Lipinski definition) is 8. The Balaban J connectivity index is 1.67. The molecule has 0 unspecified atom stereocenters. The zero-order valence-electron chi connectivity index (χ0n) is 40.5. The van der Waals surface area contributed by atoms with Gasteiger partial charge in [0.05, 0.1) is 25.9 Å². The standard InChI is InChI=1S/C47H66N8O14/c1-26(2)20-34(43(63)68-46(4,5)6)53-41(61)33(54-44(64)67-25-32-30-16-12-10-14-28(30)29-15-11-13-17-31(29)32)21-39(59)66-19-18-37(57)49-22-35(55-45(65)69-47(7,8)9)42(62)52-27(3)40(60)51-24-38(58)50-23-36(48)56/h10-17,26-27,32-35H,18-25H2,1-9H3,(H2,48,56)(H,49,57)(H,50,58)(H,51,60)(H,52,62)(H,53,61)(H,54,64)(H,55,65)/t27-,33-,34-,35-/m0/s1. The van der Waals surface area contributed by atoms with Crippen LogP contribution < -0.4 is 43.0 Å². The molecule has 0 radical (unpaired) electrons. The summed E-state index contributed by atoms with van der Waals surface area (Å²) in [5, 5.41) is 16.6. The second-order valence-corrected chi connectivity index (χ2v) is 18.6. The van der Waals surface area contributed by atoms with Crippen LogP contribution in [0.3, 0.4) is 0 Å². The van der Waals surface area contributed by atoms with Crippen LogP contribution in [0.4, 0.5) is 9.59 Å². The summed E-state index contributed by atoms with van der Waals surface area (Å²) in [4.78, 5) is 128. The molecule has 3 rings (SSSR count). The van der Waals surface area contributed by atoms with Gasteiger partial charge >= 0.3 is 24.1 Å². The highest BCUT2D eigenvalue weighted by Crippen LogP contribution is 2.44. The van der Waals surface area contributed by atoms with Crippen molar-refractivity contribution in [2.45, 2.75) is 123 Å². The lowest BCUT2D eigenvalue weighted by Gasteiger charge is -2.27. The molecule has 0 spiro atoms. The lowest BCUT2D eigenvalue weighted by atomic mass is 9.98. The van der Waals surface area contributed by atoms with Gasteiger partial charge in [0.1, 0.15) is 48.6 Å². The highest BCUT2D eigenvalue weighted by atomic mass is 16.6. The monoisotopic (exact) mass is 966 g/mol. The Bertz CT molecular complexity index is 2160. The first kappa shape index (κ1) is 56.1. The number of carbonyl (C=O) groups is 10. The first-order chi connectivity index (χ1) is 32.2. The van der Waals surface area contributed by atoms with E-state index in [1.54, 1.807) is 41.5 Å². The van der Waals surface area contributed by atoms with Crippen LogP contribution in [-0.2, 0) is 57.3 Å². The molecule has 22 nitrogen and oxygen atoms in total. The number of rotatable bonds is 23. The minimum atomic E-state index is -1.61. The van der Waals surface area contributed by atoms with Crippen molar-refractivity contribution in [2.24, 2.45) is 11.7 Å². The Kier molecular flexibility index (Phi) is 20.9. The van der Waals surface area contributed by atoms with E-state index >= 15 is 0 Å². The van der Waals surface area contributed by atoms with Crippen molar-refractivity contribution in [1.82, 2.24) is 37.2 Å². The molecule has 8 amide bonds. The van der Waals surface area contributed by atoms with Crippen molar-refractivity contribution in [1.29, 1.82) is 0 Å². The number of amides is 8. The molecule has 0 bridgehead atoms. The molecular formula is C47H66N8O14. The Hall–Kier alpha value is -7.26. The molecule has 0 heterocycles. The van der Waals surface area contributed by atoms with Crippen molar-refractivity contribution in [3.8, 4) is 11.1 Å². The van der Waals surface area contributed by atoms with Gasteiger partial charge in [-0.1, -0.05) is 62.4 Å². The molecule has 0 fully saturated rings. The summed E-state index contributed by atoms with van der Waals surface area (Å²) in [6.45, 7) is 12.6. The van der Waals surface area contributed by atoms with E-state index in [-0.39, 0.29) is 24.9 Å². The van der Waals surface area contributed by atoms with Gasteiger partial charge in [-0.2, -0.15) is 0 Å². The highest BCUT2D eigenvalue weighted by Gasteiger charge is 2.34. The Morgan fingerprint density at radius 1 is 0.609 bits per heavy atom. The Labute approximate surface area is 401 Å². The lowest BCUT2D eigenvalue weighted by molar-refractivity contribution is -0.159. The molecule has 69 heavy (non-hydrogen) atoms. The number of primary amides is 1. The Morgan fingerprint density at radius 3 is 1.74 bits per heavy atom. The van der Waals surface area contributed by atoms with E-state index in [1.165, 1.54) is 6.92 Å². The molecular weight excluding hydrogens is 901 g/mol. The van der Waals surface area contributed by atoms with Crippen molar-refractivity contribution >= 4 is 59.6 Å². The topological polar surface area (TPSA) is 318 Å². The fourth-order valence-electron chi connectivity index (χ4n) is 6.72. The maximum Gasteiger partial charge on any atom is 0.408 e. The number of fused-ring (bicyclic) bond motifs is 3. The molecule has 0 saturated heterocycles. The smallest absolute Gasteiger partial charge is 0.408 e. The minimum Gasteiger partial charge on any atom is -0.465 e. The SMILES string of the molecule is CC(C)C[C@H](NC(=O)[C@H](CC(=O)OCCC(=O)NC[C@H](NC(=O)OC(C)(C)C)C(=O)N[C@@H](C)C(=O)NCC(=O)NCC(N)=O)NC(=O)OCC1c2ccccc2-c2ccccc21)C(=O)OC(C)(C)C. The summed E-state index contributed by atoms with van der Waals surface area (Å²) < 4.78 is 21.7. The normalized spacial score (nSPS) is 13.7. The summed E-state index contributed by atoms with van der Waals surface area (Å²) in [5.74, 6) is -7.04. The number of carbonyl (C=O) groups excluding carboxylic acids is 10. The number of esters is 2. The van der Waals surface area contributed by atoms with Gasteiger partial charge in [0.2, 0.25) is 35.4 Å². The van der Waals surface area contributed by atoms with Gasteiger partial charge in [0.25, 0.3) is 0 Å². The van der Waals surface area contributed by atoms with Gasteiger partial charge in [-0.15, -0.1) is 0 Å². The van der Waals surface area contributed by atoms with E-state index in [0.717, 1.165) is 22.3 Å². The van der Waals surface area contributed by atoms with Crippen LogP contribution in [0.15, 0.2) is 48.5 Å². The third-order valence-electron chi connectivity index (χ3n) is 9.78. The number of nitrogens with one attached hydrogen (secondary N) is 7. The van der Waals surface area contributed by atoms with Crippen LogP contribution in [0, 0.1) is 5.92 Å². The largest absolute Gasteiger partial charge is 0.465 e. The summed E-state index contributed by atoms with van der Waals surface area (Å²) >= 11 is 0. The van der Waals surface area contributed by atoms with E-state index < -0.39 is 134 Å². The minimum absolute atomic E-state index is 0.0799.